The molecule has 24 heavy (non-hydrogen) atoms. The van der Waals surface area contributed by atoms with Gasteiger partial charge in [0.2, 0.25) is 0 Å². The van der Waals surface area contributed by atoms with Crippen molar-refractivity contribution in [3.8, 4) is 0 Å². The number of urea groups is 1. The van der Waals surface area contributed by atoms with E-state index in [-0.39, 0.29) is 12.1 Å². The van der Waals surface area contributed by atoms with Gasteiger partial charge in [-0.05, 0) is 50.8 Å². The van der Waals surface area contributed by atoms with Crippen LogP contribution in [0, 0.1) is 6.92 Å². The Bertz CT molecular complexity index is 673. The topological polar surface area (TPSA) is 57.3 Å². The van der Waals surface area contributed by atoms with Crippen LogP contribution in [-0.2, 0) is 6.54 Å². The number of carbonyl (C=O) groups excluding carboxylic acids is 1. The second kappa shape index (κ2) is 8.66. The van der Waals surface area contributed by atoms with E-state index < -0.39 is 0 Å². The second-order valence-corrected chi connectivity index (χ2v) is 6.40. The van der Waals surface area contributed by atoms with E-state index in [0.717, 1.165) is 17.0 Å². The van der Waals surface area contributed by atoms with E-state index in [1.54, 1.807) is 0 Å². The van der Waals surface area contributed by atoms with Gasteiger partial charge in [-0.1, -0.05) is 29.8 Å². The van der Waals surface area contributed by atoms with E-state index in [9.17, 15) is 4.79 Å². The number of nitrogens with zero attached hydrogens (tertiary/aromatic N) is 2. The summed E-state index contributed by atoms with van der Waals surface area (Å²) in [5.74, 6) is 0. The first-order valence-corrected chi connectivity index (χ1v) is 8.19. The highest BCUT2D eigenvalue weighted by molar-refractivity contribution is 6.30. The molecule has 0 aliphatic rings. The summed E-state index contributed by atoms with van der Waals surface area (Å²) >= 11 is 5.94. The normalized spacial score (nSPS) is 12.0. The second-order valence-electron chi connectivity index (χ2n) is 5.96. The number of aromatic nitrogens is 1. The fourth-order valence-electron chi connectivity index (χ4n) is 2.37. The molecule has 1 aromatic carbocycles. The molecule has 0 bridgehead atoms. The minimum absolute atomic E-state index is 0.122. The smallest absolute Gasteiger partial charge is 0.315 e. The Kier molecular flexibility index (Phi) is 6.58. The maximum Gasteiger partial charge on any atom is 0.315 e. The zero-order valence-electron chi connectivity index (χ0n) is 14.2. The lowest BCUT2D eigenvalue weighted by atomic mass is 10.1. The van der Waals surface area contributed by atoms with Gasteiger partial charge in [-0.15, -0.1) is 0 Å². The summed E-state index contributed by atoms with van der Waals surface area (Å²) in [6, 6.07) is 12.9. The van der Waals surface area contributed by atoms with Crippen LogP contribution in [0.4, 0.5) is 4.79 Å². The van der Waals surface area contributed by atoms with Gasteiger partial charge in [-0.3, -0.25) is 4.98 Å². The highest BCUT2D eigenvalue weighted by Crippen LogP contribution is 2.17. The number of carbonyl (C=O) groups is 1. The number of hydrogen-bond donors (Lipinski definition) is 2. The van der Waals surface area contributed by atoms with Crippen molar-refractivity contribution >= 4 is 17.6 Å². The van der Waals surface area contributed by atoms with Crippen LogP contribution in [0.3, 0.4) is 0 Å². The minimum Gasteiger partial charge on any atom is -0.332 e. The van der Waals surface area contributed by atoms with Gasteiger partial charge >= 0.3 is 6.03 Å². The molecule has 2 aromatic rings. The van der Waals surface area contributed by atoms with Gasteiger partial charge in [-0.25, -0.2) is 4.79 Å². The Morgan fingerprint density at radius 1 is 1.21 bits per heavy atom. The molecule has 1 heterocycles. The predicted octanol–water partition coefficient (Wildman–Crippen LogP) is 3.15. The lowest BCUT2D eigenvalue weighted by Gasteiger charge is -2.23. The van der Waals surface area contributed by atoms with Crippen molar-refractivity contribution in [3.05, 3.63) is 64.4 Å². The zero-order chi connectivity index (χ0) is 17.5. The number of halogens is 1. The van der Waals surface area contributed by atoms with Crippen molar-refractivity contribution in [2.24, 2.45) is 0 Å². The predicted molar refractivity (Wildman–Crippen MR) is 97.1 cm³/mol. The summed E-state index contributed by atoms with van der Waals surface area (Å²) in [5, 5.41) is 6.54. The molecule has 1 aromatic heterocycles. The quantitative estimate of drug-likeness (QED) is 0.844. The van der Waals surface area contributed by atoms with Crippen molar-refractivity contribution in [2.45, 2.75) is 19.5 Å². The standard InChI is InChI=1S/C18H23ClN4O/c1-13-5-4-6-16(21-13)11-20-18(24)22-17(12-23(2)3)14-7-9-15(19)10-8-14/h4-10,17H,11-12H2,1-3H3,(H2,20,22,24). The maximum atomic E-state index is 12.2. The number of nitrogens with one attached hydrogen (secondary N) is 2. The fraction of sp³-hybridized carbons (Fsp3) is 0.333. The summed E-state index contributed by atoms with van der Waals surface area (Å²) in [5.41, 5.74) is 2.78. The number of aryl methyl sites for hydroxylation is 1. The Morgan fingerprint density at radius 2 is 1.92 bits per heavy atom. The SMILES string of the molecule is Cc1cccc(CNC(=O)NC(CN(C)C)c2ccc(Cl)cc2)n1. The van der Waals surface area contributed by atoms with E-state index in [4.69, 9.17) is 11.6 Å². The maximum absolute atomic E-state index is 12.2. The Labute approximate surface area is 148 Å². The largest absolute Gasteiger partial charge is 0.332 e. The highest BCUT2D eigenvalue weighted by atomic mass is 35.5. The lowest BCUT2D eigenvalue weighted by molar-refractivity contribution is 0.232. The zero-order valence-corrected chi connectivity index (χ0v) is 15.0. The van der Waals surface area contributed by atoms with Crippen molar-refractivity contribution < 1.29 is 4.79 Å². The monoisotopic (exact) mass is 346 g/mol. The van der Waals surface area contributed by atoms with Crippen LogP contribution in [0.5, 0.6) is 0 Å². The van der Waals surface area contributed by atoms with Crippen molar-refractivity contribution in [1.29, 1.82) is 0 Å². The average Bonchev–Trinajstić information content (AvgIpc) is 2.53. The first kappa shape index (κ1) is 18.2. The molecule has 0 saturated heterocycles. The molecule has 2 rings (SSSR count). The van der Waals surface area contributed by atoms with E-state index in [1.807, 2.05) is 68.4 Å². The molecule has 1 atom stereocenters. The molecular weight excluding hydrogens is 324 g/mol. The van der Waals surface area contributed by atoms with Crippen LogP contribution >= 0.6 is 11.6 Å². The number of benzene rings is 1. The molecule has 0 spiro atoms. The molecule has 0 aliphatic heterocycles. The van der Waals surface area contributed by atoms with E-state index in [2.05, 4.69) is 15.6 Å². The van der Waals surface area contributed by atoms with Gasteiger partial charge in [-0.2, -0.15) is 0 Å². The number of likely N-dealkylation sites (N-methyl/N-ethyl adjacent to an activating group) is 1. The molecular formula is C18H23ClN4O. The summed E-state index contributed by atoms with van der Waals surface area (Å²) in [4.78, 5) is 18.6. The Morgan fingerprint density at radius 3 is 2.54 bits per heavy atom. The van der Waals surface area contributed by atoms with Crippen LogP contribution in [0.2, 0.25) is 5.02 Å². The van der Waals surface area contributed by atoms with Crippen LogP contribution in [0.15, 0.2) is 42.5 Å². The number of amides is 2. The molecule has 6 heteroatoms. The lowest BCUT2D eigenvalue weighted by Crippen LogP contribution is -2.41. The molecule has 2 amide bonds. The molecule has 1 unspecified atom stereocenters. The van der Waals surface area contributed by atoms with Gasteiger partial charge in [0, 0.05) is 17.3 Å². The first-order chi connectivity index (χ1) is 11.4. The molecule has 128 valence electrons. The van der Waals surface area contributed by atoms with Crippen LogP contribution in [0.25, 0.3) is 0 Å². The molecule has 0 fully saturated rings. The summed E-state index contributed by atoms with van der Waals surface area (Å²) in [7, 11) is 3.94. The molecule has 5 nitrogen and oxygen atoms in total. The molecule has 2 N–H and O–H groups in total. The van der Waals surface area contributed by atoms with Crippen molar-refractivity contribution in [2.75, 3.05) is 20.6 Å². The minimum atomic E-state index is -0.222. The number of pyridine rings is 1. The summed E-state index contributed by atoms with van der Waals surface area (Å²) in [6.45, 7) is 3.01. The first-order valence-electron chi connectivity index (χ1n) is 7.81. The number of hydrogen-bond acceptors (Lipinski definition) is 3. The third-order valence-electron chi connectivity index (χ3n) is 3.50. The van der Waals surface area contributed by atoms with Crippen molar-refractivity contribution in [3.63, 3.8) is 0 Å². The molecule has 0 aliphatic carbocycles. The summed E-state index contributed by atoms with van der Waals surface area (Å²) < 4.78 is 0. The van der Waals surface area contributed by atoms with E-state index in [0.29, 0.717) is 18.1 Å². The van der Waals surface area contributed by atoms with E-state index in [1.165, 1.54) is 0 Å². The van der Waals surface area contributed by atoms with Gasteiger partial charge in [0.1, 0.15) is 0 Å². The van der Waals surface area contributed by atoms with Gasteiger partial charge in [0.05, 0.1) is 18.3 Å². The third-order valence-corrected chi connectivity index (χ3v) is 3.75. The van der Waals surface area contributed by atoms with E-state index >= 15 is 0 Å². The average molecular weight is 347 g/mol. The fourth-order valence-corrected chi connectivity index (χ4v) is 2.50. The van der Waals surface area contributed by atoms with Gasteiger partial charge in [0.15, 0.2) is 0 Å². The summed E-state index contributed by atoms with van der Waals surface area (Å²) in [6.07, 6.45) is 0. The van der Waals surface area contributed by atoms with Crippen LogP contribution < -0.4 is 10.6 Å². The molecule has 0 saturated carbocycles. The van der Waals surface area contributed by atoms with Crippen LogP contribution in [0.1, 0.15) is 23.0 Å². The Balaban J connectivity index is 1.97. The number of rotatable bonds is 6. The van der Waals surface area contributed by atoms with Crippen molar-refractivity contribution in [1.82, 2.24) is 20.5 Å². The molecule has 0 radical (unpaired) electrons. The highest BCUT2D eigenvalue weighted by Gasteiger charge is 2.15. The third kappa shape index (κ3) is 5.83. The Hall–Kier alpha value is -2.11. The van der Waals surface area contributed by atoms with Crippen LogP contribution in [-0.4, -0.2) is 36.6 Å². The van der Waals surface area contributed by atoms with Gasteiger partial charge < -0.3 is 15.5 Å². The van der Waals surface area contributed by atoms with Gasteiger partial charge in [0.25, 0.3) is 0 Å².